The van der Waals surface area contributed by atoms with Crippen molar-refractivity contribution in [1.82, 2.24) is 15.0 Å². The lowest BCUT2D eigenvalue weighted by molar-refractivity contribution is 0.986. The van der Waals surface area contributed by atoms with Crippen LogP contribution in [-0.2, 0) is 6.42 Å². The Labute approximate surface area is 298 Å². The number of aryl methyl sites for hydroxylation is 1. The lowest BCUT2D eigenvalue weighted by Crippen LogP contribution is -2.12. The predicted octanol–water partition coefficient (Wildman–Crippen LogP) is 12.1. The zero-order chi connectivity index (χ0) is 34.0. The molecule has 0 aliphatic heterocycles. The van der Waals surface area contributed by atoms with E-state index in [1.54, 1.807) is 0 Å². The van der Waals surface area contributed by atoms with Crippen LogP contribution in [0.3, 0.4) is 0 Å². The van der Waals surface area contributed by atoms with Crippen LogP contribution >= 0.6 is 0 Å². The summed E-state index contributed by atoms with van der Waals surface area (Å²) in [4.78, 5) is 17.8. The van der Waals surface area contributed by atoms with Gasteiger partial charge in [0.15, 0.2) is 17.5 Å². The van der Waals surface area contributed by atoms with Gasteiger partial charge in [-0.3, -0.25) is 0 Å². The van der Waals surface area contributed by atoms with E-state index in [0.717, 1.165) is 52.0 Å². The number of anilines is 3. The highest BCUT2D eigenvalue weighted by molar-refractivity contribution is 5.89. The SMILES string of the molecule is C1=Cc2c(cccc2-c2ccc(-c3nc(-c4ccc5ccccc5c4)nc(-c4ccccc4N(c4ccccc4)c4ccccc4)n3)cc2)CC1. The van der Waals surface area contributed by atoms with Gasteiger partial charge in [-0.1, -0.05) is 140 Å². The van der Waals surface area contributed by atoms with E-state index >= 15 is 0 Å². The minimum Gasteiger partial charge on any atom is -0.310 e. The van der Waals surface area contributed by atoms with Crippen LogP contribution in [0.4, 0.5) is 17.1 Å². The van der Waals surface area contributed by atoms with Crippen molar-refractivity contribution in [2.24, 2.45) is 0 Å². The van der Waals surface area contributed by atoms with Crippen LogP contribution in [0.15, 0.2) is 176 Å². The van der Waals surface area contributed by atoms with Crippen molar-refractivity contribution in [3.8, 4) is 45.3 Å². The van der Waals surface area contributed by atoms with Crippen molar-refractivity contribution < 1.29 is 0 Å². The van der Waals surface area contributed by atoms with Gasteiger partial charge in [0.2, 0.25) is 0 Å². The Kier molecular flexibility index (Phi) is 7.95. The molecular weight excluding hydrogens is 621 g/mol. The van der Waals surface area contributed by atoms with Gasteiger partial charge in [0.25, 0.3) is 0 Å². The average Bonchev–Trinajstić information content (AvgIpc) is 3.21. The minimum atomic E-state index is 0.613. The van der Waals surface area contributed by atoms with Crippen LogP contribution in [0.25, 0.3) is 62.1 Å². The number of para-hydroxylation sites is 3. The molecule has 51 heavy (non-hydrogen) atoms. The summed E-state index contributed by atoms with van der Waals surface area (Å²) < 4.78 is 0. The third kappa shape index (κ3) is 5.98. The Hall–Kier alpha value is -6.65. The quantitative estimate of drug-likeness (QED) is 0.171. The normalized spacial score (nSPS) is 12.1. The molecular formula is C47H34N4. The zero-order valence-corrected chi connectivity index (χ0v) is 28.0. The first-order chi connectivity index (χ1) is 25.3. The second-order valence-electron chi connectivity index (χ2n) is 12.8. The van der Waals surface area contributed by atoms with Crippen molar-refractivity contribution in [1.29, 1.82) is 0 Å². The number of aromatic nitrogens is 3. The molecule has 4 nitrogen and oxygen atoms in total. The molecule has 0 radical (unpaired) electrons. The molecule has 0 unspecified atom stereocenters. The van der Waals surface area contributed by atoms with Crippen LogP contribution in [0.5, 0.6) is 0 Å². The lowest BCUT2D eigenvalue weighted by Gasteiger charge is -2.27. The van der Waals surface area contributed by atoms with Gasteiger partial charge in [-0.2, -0.15) is 0 Å². The molecule has 0 bridgehead atoms. The van der Waals surface area contributed by atoms with Crippen molar-refractivity contribution in [3.63, 3.8) is 0 Å². The second-order valence-corrected chi connectivity index (χ2v) is 12.8. The van der Waals surface area contributed by atoms with E-state index in [4.69, 9.17) is 15.0 Å². The van der Waals surface area contributed by atoms with Crippen LogP contribution < -0.4 is 4.90 Å². The van der Waals surface area contributed by atoms with Gasteiger partial charge in [0, 0.05) is 28.1 Å². The largest absolute Gasteiger partial charge is 0.310 e. The topological polar surface area (TPSA) is 41.9 Å². The van der Waals surface area contributed by atoms with E-state index in [-0.39, 0.29) is 0 Å². The molecule has 1 heterocycles. The third-order valence-electron chi connectivity index (χ3n) is 9.57. The Morgan fingerprint density at radius 2 is 1.02 bits per heavy atom. The Bertz CT molecular complexity index is 2480. The number of fused-ring (bicyclic) bond motifs is 2. The molecule has 0 atom stereocenters. The number of allylic oxidation sites excluding steroid dienone is 1. The first-order valence-electron chi connectivity index (χ1n) is 17.4. The second kappa shape index (κ2) is 13.3. The number of rotatable bonds is 7. The molecule has 1 aliphatic rings. The summed E-state index contributed by atoms with van der Waals surface area (Å²) in [5.74, 6) is 1.88. The van der Waals surface area contributed by atoms with Crippen molar-refractivity contribution >= 4 is 33.9 Å². The van der Waals surface area contributed by atoms with Crippen LogP contribution in [0.1, 0.15) is 17.5 Å². The summed E-state index contributed by atoms with van der Waals surface area (Å²) in [5, 5.41) is 2.32. The number of benzene rings is 7. The number of hydrogen-bond acceptors (Lipinski definition) is 4. The molecule has 8 aromatic rings. The predicted molar refractivity (Wildman–Crippen MR) is 211 cm³/mol. The first kappa shape index (κ1) is 30.4. The Balaban J connectivity index is 1.21. The highest BCUT2D eigenvalue weighted by Crippen LogP contribution is 2.40. The fraction of sp³-hybridized carbons (Fsp3) is 0.0426. The Morgan fingerprint density at radius 1 is 0.431 bits per heavy atom. The van der Waals surface area contributed by atoms with Crippen LogP contribution in [0.2, 0.25) is 0 Å². The molecule has 0 saturated heterocycles. The molecule has 1 aliphatic carbocycles. The van der Waals surface area contributed by atoms with Gasteiger partial charge >= 0.3 is 0 Å². The Morgan fingerprint density at radius 3 is 1.78 bits per heavy atom. The molecule has 242 valence electrons. The van der Waals surface area contributed by atoms with Crippen molar-refractivity contribution in [2.75, 3.05) is 4.90 Å². The zero-order valence-electron chi connectivity index (χ0n) is 28.0. The third-order valence-corrected chi connectivity index (χ3v) is 9.57. The molecule has 0 N–H and O–H groups in total. The molecule has 4 heteroatoms. The van der Waals surface area contributed by atoms with Gasteiger partial charge in [-0.25, -0.2) is 15.0 Å². The van der Waals surface area contributed by atoms with E-state index < -0.39 is 0 Å². The maximum absolute atomic E-state index is 5.20. The number of nitrogens with zero attached hydrogens (tertiary/aromatic N) is 4. The van der Waals surface area contributed by atoms with E-state index in [9.17, 15) is 0 Å². The number of hydrogen-bond donors (Lipinski definition) is 0. The monoisotopic (exact) mass is 654 g/mol. The molecule has 0 fully saturated rings. The van der Waals surface area contributed by atoms with Gasteiger partial charge in [-0.05, 0) is 88.3 Å². The summed E-state index contributed by atoms with van der Waals surface area (Å²) >= 11 is 0. The minimum absolute atomic E-state index is 0.613. The molecule has 0 spiro atoms. The summed E-state index contributed by atoms with van der Waals surface area (Å²) in [5.41, 5.74) is 11.0. The molecule has 0 saturated carbocycles. The summed E-state index contributed by atoms with van der Waals surface area (Å²) in [6.45, 7) is 0. The molecule has 9 rings (SSSR count). The maximum atomic E-state index is 5.20. The van der Waals surface area contributed by atoms with E-state index in [1.165, 1.54) is 27.6 Å². The maximum Gasteiger partial charge on any atom is 0.166 e. The smallest absolute Gasteiger partial charge is 0.166 e. The van der Waals surface area contributed by atoms with E-state index in [2.05, 4.69) is 175 Å². The first-order valence-corrected chi connectivity index (χ1v) is 17.4. The highest BCUT2D eigenvalue weighted by atomic mass is 15.1. The average molecular weight is 655 g/mol. The molecule has 1 aromatic heterocycles. The van der Waals surface area contributed by atoms with Gasteiger partial charge in [0.05, 0.1) is 5.69 Å². The highest BCUT2D eigenvalue weighted by Gasteiger charge is 2.20. The van der Waals surface area contributed by atoms with E-state index in [0.29, 0.717) is 17.5 Å². The molecule has 0 amide bonds. The van der Waals surface area contributed by atoms with Gasteiger partial charge < -0.3 is 4.90 Å². The van der Waals surface area contributed by atoms with Gasteiger partial charge in [0.1, 0.15) is 0 Å². The fourth-order valence-electron chi connectivity index (χ4n) is 7.04. The molecule has 7 aromatic carbocycles. The summed E-state index contributed by atoms with van der Waals surface area (Å²) in [6.07, 6.45) is 6.71. The van der Waals surface area contributed by atoms with Crippen molar-refractivity contribution in [3.05, 3.63) is 187 Å². The van der Waals surface area contributed by atoms with Crippen LogP contribution in [-0.4, -0.2) is 15.0 Å². The van der Waals surface area contributed by atoms with E-state index in [1.807, 2.05) is 12.1 Å². The summed E-state index contributed by atoms with van der Waals surface area (Å²) in [7, 11) is 0. The standard InChI is InChI=1S/C47H34N4/c1-3-18-39(19-4-1)51(40-20-5-2-6-21-40)44-25-12-11-23-43(44)47-49-45(48-46(50-47)38-31-26-33-14-7-8-16-37(33)32-38)36-29-27-35(28-30-36)42-24-13-17-34-15-9-10-22-41(34)42/h1-8,10-14,16-32H,9,15H2. The summed E-state index contributed by atoms with van der Waals surface area (Å²) in [6, 6.07) is 59.3. The van der Waals surface area contributed by atoms with Crippen LogP contribution in [0, 0.1) is 0 Å². The van der Waals surface area contributed by atoms with Crippen molar-refractivity contribution in [2.45, 2.75) is 12.8 Å². The van der Waals surface area contributed by atoms with Gasteiger partial charge in [-0.15, -0.1) is 0 Å². The fourth-order valence-corrected chi connectivity index (χ4v) is 7.04. The lowest BCUT2D eigenvalue weighted by atomic mass is 9.90.